The number of hydrogen-bond donors (Lipinski definition) is 3. The lowest BCUT2D eigenvalue weighted by Crippen LogP contribution is -1.97. The van der Waals surface area contributed by atoms with Gasteiger partial charge in [-0.25, -0.2) is 4.79 Å². The van der Waals surface area contributed by atoms with Crippen LogP contribution in [0.1, 0.15) is 11.1 Å². The molecule has 0 spiro atoms. The van der Waals surface area contributed by atoms with Gasteiger partial charge >= 0.3 is 5.97 Å². The number of aliphatic carboxylic acids is 1. The number of rotatable bonds is 3. The van der Waals surface area contributed by atoms with Crippen LogP contribution in [-0.4, -0.2) is 21.3 Å². The molecule has 0 unspecified atom stereocenters. The van der Waals surface area contributed by atoms with E-state index < -0.39 is 11.5 Å². The van der Waals surface area contributed by atoms with Crippen molar-refractivity contribution in [1.29, 1.82) is 5.26 Å². The number of nitriles is 1. The fourth-order valence-corrected chi connectivity index (χ4v) is 1.13. The van der Waals surface area contributed by atoms with Gasteiger partial charge in [0.25, 0.3) is 0 Å². The lowest BCUT2D eigenvalue weighted by atomic mass is 10.1. The molecule has 0 fully saturated rings. The van der Waals surface area contributed by atoms with Crippen molar-refractivity contribution in [3.63, 3.8) is 0 Å². The molecule has 0 saturated carbocycles. The predicted molar refractivity (Wildman–Crippen MR) is 55.3 cm³/mol. The molecule has 0 aliphatic rings. The van der Waals surface area contributed by atoms with Crippen LogP contribution in [0.4, 0.5) is 0 Å². The van der Waals surface area contributed by atoms with E-state index in [0.29, 0.717) is 5.56 Å². The minimum absolute atomic E-state index is 0.0755. The SMILES string of the molecule is N#CC(=Cc1ccc(O)c(CO)c1)C(=O)O. The van der Waals surface area contributed by atoms with Crippen molar-refractivity contribution in [1.82, 2.24) is 0 Å². The van der Waals surface area contributed by atoms with E-state index in [1.54, 1.807) is 0 Å². The summed E-state index contributed by atoms with van der Waals surface area (Å²) in [4.78, 5) is 10.6. The van der Waals surface area contributed by atoms with Gasteiger partial charge in [-0.3, -0.25) is 0 Å². The zero-order valence-corrected chi connectivity index (χ0v) is 8.21. The van der Waals surface area contributed by atoms with Crippen molar-refractivity contribution < 1.29 is 20.1 Å². The average Bonchev–Trinajstić information content (AvgIpc) is 2.27. The van der Waals surface area contributed by atoms with E-state index in [0.717, 1.165) is 0 Å². The summed E-state index contributed by atoms with van der Waals surface area (Å²) in [7, 11) is 0. The summed E-state index contributed by atoms with van der Waals surface area (Å²) < 4.78 is 0. The maximum Gasteiger partial charge on any atom is 0.346 e. The molecular formula is C11H9NO4. The van der Waals surface area contributed by atoms with Gasteiger partial charge in [0.1, 0.15) is 17.4 Å². The number of carboxylic acids is 1. The van der Waals surface area contributed by atoms with Gasteiger partial charge in [0, 0.05) is 5.56 Å². The van der Waals surface area contributed by atoms with Crippen LogP contribution in [-0.2, 0) is 11.4 Å². The molecule has 5 heteroatoms. The molecule has 5 nitrogen and oxygen atoms in total. The summed E-state index contributed by atoms with van der Waals surface area (Å²) in [5, 5.41) is 35.3. The molecule has 0 radical (unpaired) electrons. The molecule has 0 aliphatic heterocycles. The summed E-state index contributed by atoms with van der Waals surface area (Å²) >= 11 is 0. The fraction of sp³-hybridized carbons (Fsp3) is 0.0909. The number of aliphatic hydroxyl groups excluding tert-OH is 1. The van der Waals surface area contributed by atoms with E-state index in [1.807, 2.05) is 0 Å². The van der Waals surface area contributed by atoms with E-state index in [1.165, 1.54) is 30.3 Å². The summed E-state index contributed by atoms with van der Waals surface area (Å²) in [6.45, 7) is -0.359. The highest BCUT2D eigenvalue weighted by Gasteiger charge is 2.06. The molecule has 0 atom stereocenters. The van der Waals surface area contributed by atoms with Gasteiger partial charge < -0.3 is 15.3 Å². The topological polar surface area (TPSA) is 102 Å². The predicted octanol–water partition coefficient (Wildman–Crippen LogP) is 0.876. The molecule has 16 heavy (non-hydrogen) atoms. The molecule has 3 N–H and O–H groups in total. The summed E-state index contributed by atoms with van der Waals surface area (Å²) in [6.07, 6.45) is 1.17. The van der Waals surface area contributed by atoms with E-state index in [9.17, 15) is 9.90 Å². The Morgan fingerprint density at radius 2 is 2.19 bits per heavy atom. The number of benzene rings is 1. The minimum Gasteiger partial charge on any atom is -0.508 e. The average molecular weight is 219 g/mol. The van der Waals surface area contributed by atoms with Crippen molar-refractivity contribution in [2.75, 3.05) is 0 Å². The first-order chi connectivity index (χ1) is 7.58. The second-order valence-electron chi connectivity index (χ2n) is 3.02. The Bertz CT molecular complexity index is 485. The molecule has 0 heterocycles. The Kier molecular flexibility index (Phi) is 3.64. The standard InChI is InChI=1S/C11H9NO4/c12-5-8(11(15)16)3-7-1-2-10(14)9(4-7)6-13/h1-4,13-14H,6H2,(H,15,16). The highest BCUT2D eigenvalue weighted by atomic mass is 16.4. The normalized spacial score (nSPS) is 10.9. The fourth-order valence-electron chi connectivity index (χ4n) is 1.13. The zero-order valence-electron chi connectivity index (χ0n) is 8.21. The molecular weight excluding hydrogens is 210 g/mol. The number of aromatic hydroxyl groups is 1. The van der Waals surface area contributed by atoms with Crippen molar-refractivity contribution >= 4 is 12.0 Å². The van der Waals surface area contributed by atoms with Crippen LogP contribution in [0.25, 0.3) is 6.08 Å². The van der Waals surface area contributed by atoms with Crippen LogP contribution in [0.3, 0.4) is 0 Å². The van der Waals surface area contributed by atoms with Crippen molar-refractivity contribution in [2.45, 2.75) is 6.61 Å². The number of hydrogen-bond acceptors (Lipinski definition) is 4. The van der Waals surface area contributed by atoms with Crippen LogP contribution in [0.5, 0.6) is 5.75 Å². The van der Waals surface area contributed by atoms with Gasteiger partial charge in [-0.15, -0.1) is 0 Å². The zero-order chi connectivity index (χ0) is 12.1. The number of phenols is 1. The first-order valence-corrected chi connectivity index (χ1v) is 4.36. The molecule has 1 aromatic carbocycles. The minimum atomic E-state index is -1.32. The Morgan fingerprint density at radius 3 is 2.69 bits per heavy atom. The molecule has 0 aliphatic carbocycles. The Labute approximate surface area is 91.5 Å². The lowest BCUT2D eigenvalue weighted by Gasteiger charge is -2.02. The van der Waals surface area contributed by atoms with Gasteiger partial charge in [-0.05, 0) is 23.8 Å². The van der Waals surface area contributed by atoms with Gasteiger partial charge in [0.05, 0.1) is 6.61 Å². The second-order valence-corrected chi connectivity index (χ2v) is 3.02. The molecule has 1 aromatic rings. The summed E-state index contributed by atoms with van der Waals surface area (Å²) in [6, 6.07) is 5.73. The molecule has 0 amide bonds. The largest absolute Gasteiger partial charge is 0.508 e. The van der Waals surface area contributed by atoms with Crippen LogP contribution in [0, 0.1) is 11.3 Å². The number of nitrogens with zero attached hydrogens (tertiary/aromatic N) is 1. The first kappa shape index (κ1) is 11.8. The highest BCUT2D eigenvalue weighted by Crippen LogP contribution is 2.19. The van der Waals surface area contributed by atoms with Crippen LogP contribution >= 0.6 is 0 Å². The maximum atomic E-state index is 10.6. The van der Waals surface area contributed by atoms with Gasteiger partial charge in [-0.1, -0.05) is 6.07 Å². The third-order valence-electron chi connectivity index (χ3n) is 1.94. The summed E-state index contributed by atoms with van der Waals surface area (Å²) in [5.41, 5.74) is 0.298. The number of carboxylic acid groups (broad SMARTS) is 1. The molecule has 0 bridgehead atoms. The van der Waals surface area contributed by atoms with Crippen LogP contribution in [0.2, 0.25) is 0 Å². The van der Waals surface area contributed by atoms with E-state index in [4.69, 9.17) is 15.5 Å². The number of aliphatic hydroxyl groups is 1. The van der Waals surface area contributed by atoms with E-state index >= 15 is 0 Å². The van der Waals surface area contributed by atoms with Crippen molar-refractivity contribution in [3.8, 4) is 11.8 Å². The molecule has 0 aromatic heterocycles. The van der Waals surface area contributed by atoms with Crippen molar-refractivity contribution in [3.05, 3.63) is 34.9 Å². The Morgan fingerprint density at radius 1 is 1.50 bits per heavy atom. The maximum absolute atomic E-state index is 10.6. The smallest absolute Gasteiger partial charge is 0.346 e. The Hall–Kier alpha value is -2.32. The third kappa shape index (κ3) is 2.59. The monoisotopic (exact) mass is 219 g/mol. The van der Waals surface area contributed by atoms with Crippen LogP contribution in [0.15, 0.2) is 23.8 Å². The quantitative estimate of drug-likeness (QED) is 0.517. The van der Waals surface area contributed by atoms with Gasteiger partial charge in [0.15, 0.2) is 0 Å². The second kappa shape index (κ2) is 4.96. The van der Waals surface area contributed by atoms with Gasteiger partial charge in [0.2, 0.25) is 0 Å². The molecule has 1 rings (SSSR count). The van der Waals surface area contributed by atoms with E-state index in [-0.39, 0.29) is 17.9 Å². The van der Waals surface area contributed by atoms with Crippen molar-refractivity contribution in [2.24, 2.45) is 0 Å². The lowest BCUT2D eigenvalue weighted by molar-refractivity contribution is -0.132. The molecule has 0 saturated heterocycles. The molecule has 82 valence electrons. The van der Waals surface area contributed by atoms with Gasteiger partial charge in [-0.2, -0.15) is 5.26 Å². The van der Waals surface area contributed by atoms with E-state index in [2.05, 4.69) is 0 Å². The summed E-state index contributed by atoms with van der Waals surface area (Å²) in [5.74, 6) is -1.39. The third-order valence-corrected chi connectivity index (χ3v) is 1.94. The Balaban J connectivity index is 3.16. The highest BCUT2D eigenvalue weighted by molar-refractivity contribution is 5.96. The first-order valence-electron chi connectivity index (χ1n) is 4.36. The number of carbonyl (C=O) groups is 1. The van der Waals surface area contributed by atoms with Crippen LogP contribution < -0.4 is 0 Å².